The number of benzene rings is 1. The van der Waals surface area contributed by atoms with Gasteiger partial charge >= 0.3 is 0 Å². The van der Waals surface area contributed by atoms with E-state index in [0.717, 1.165) is 11.1 Å². The van der Waals surface area contributed by atoms with Crippen molar-refractivity contribution >= 4 is 34.8 Å². The zero-order valence-electron chi connectivity index (χ0n) is 8.07. The van der Waals surface area contributed by atoms with Crippen LogP contribution in [0.5, 0.6) is 0 Å². The van der Waals surface area contributed by atoms with Crippen LogP contribution in [0.1, 0.15) is 16.7 Å². The Hall–Kier alpha value is -0.170. The second-order valence-corrected chi connectivity index (χ2v) is 5.06. The Kier molecular flexibility index (Phi) is 3.52. The predicted octanol–water partition coefficient (Wildman–Crippen LogP) is 4.69. The molecule has 0 atom stereocenters. The van der Waals surface area contributed by atoms with Gasteiger partial charge < -0.3 is 0 Å². The summed E-state index contributed by atoms with van der Waals surface area (Å²) in [6.07, 6.45) is 0. The number of hydrogen-bond acceptors (Lipinski definition) is 0. The van der Waals surface area contributed by atoms with E-state index in [1.807, 2.05) is 32.0 Å². The number of rotatable bonds is 2. The molecule has 1 aromatic carbocycles. The summed E-state index contributed by atoms with van der Waals surface area (Å²) in [7, 11) is 0. The Balaban J connectivity index is 3.21. The third-order valence-corrected chi connectivity index (χ3v) is 3.58. The highest BCUT2D eigenvalue weighted by Gasteiger charge is 2.29. The second kappa shape index (κ2) is 4.14. The first-order chi connectivity index (χ1) is 6.35. The summed E-state index contributed by atoms with van der Waals surface area (Å²) in [5.41, 5.74) is 3.08. The van der Waals surface area contributed by atoms with E-state index in [0.29, 0.717) is 0 Å². The number of aryl methyl sites for hydroxylation is 2. The molecular formula is C11H11Cl3. The van der Waals surface area contributed by atoms with E-state index in [9.17, 15) is 0 Å². The molecule has 0 amide bonds. The molecule has 0 aliphatic carbocycles. The molecule has 0 radical (unpaired) electrons. The Morgan fingerprint density at radius 3 is 2.21 bits per heavy atom. The zero-order valence-corrected chi connectivity index (χ0v) is 10.3. The van der Waals surface area contributed by atoms with Crippen LogP contribution in [-0.2, 0) is 4.33 Å². The molecule has 1 rings (SSSR count). The first-order valence-corrected chi connectivity index (χ1v) is 5.29. The average molecular weight is 250 g/mol. The Bertz CT molecular complexity index is 367. The van der Waals surface area contributed by atoms with Gasteiger partial charge in [0.15, 0.2) is 4.33 Å². The molecule has 0 bridgehead atoms. The topological polar surface area (TPSA) is 0 Å². The van der Waals surface area contributed by atoms with Crippen molar-refractivity contribution in [1.82, 2.24) is 0 Å². The van der Waals surface area contributed by atoms with Crippen molar-refractivity contribution in [3.05, 3.63) is 46.5 Å². The van der Waals surface area contributed by atoms with Crippen LogP contribution >= 0.6 is 34.8 Å². The Morgan fingerprint density at radius 1 is 1.21 bits per heavy atom. The van der Waals surface area contributed by atoms with E-state index in [4.69, 9.17) is 34.8 Å². The van der Waals surface area contributed by atoms with Crippen molar-refractivity contribution in [2.75, 3.05) is 0 Å². The smallest absolute Gasteiger partial charge is 0.0899 e. The minimum Gasteiger partial charge on any atom is -0.0899 e. The van der Waals surface area contributed by atoms with Crippen molar-refractivity contribution in [2.45, 2.75) is 18.2 Å². The van der Waals surface area contributed by atoms with Crippen molar-refractivity contribution in [2.24, 2.45) is 0 Å². The molecule has 0 fully saturated rings. The normalized spacial score (nSPS) is 11.5. The molecule has 0 aliphatic rings. The zero-order chi connectivity index (χ0) is 10.9. The van der Waals surface area contributed by atoms with Gasteiger partial charge in [0.1, 0.15) is 0 Å². The molecule has 0 nitrogen and oxygen atoms in total. The summed E-state index contributed by atoms with van der Waals surface area (Å²) >= 11 is 17.8. The van der Waals surface area contributed by atoms with Crippen LogP contribution in [0.15, 0.2) is 29.8 Å². The van der Waals surface area contributed by atoms with Gasteiger partial charge in [-0.05, 0) is 30.5 Å². The molecule has 14 heavy (non-hydrogen) atoms. The van der Waals surface area contributed by atoms with Gasteiger partial charge in [0, 0.05) is 0 Å². The van der Waals surface area contributed by atoms with Crippen LogP contribution in [0.2, 0.25) is 0 Å². The molecule has 1 aromatic rings. The quantitative estimate of drug-likeness (QED) is 0.667. The average Bonchev–Trinajstić information content (AvgIpc) is 2.09. The van der Waals surface area contributed by atoms with Crippen LogP contribution in [0, 0.1) is 13.8 Å². The SMILES string of the molecule is C=C(Cl)C(Cl)(Cl)c1ccc(C)c(C)c1. The van der Waals surface area contributed by atoms with E-state index < -0.39 is 4.33 Å². The predicted molar refractivity (Wildman–Crippen MR) is 64.3 cm³/mol. The van der Waals surface area contributed by atoms with Crippen molar-refractivity contribution in [1.29, 1.82) is 0 Å². The largest absolute Gasteiger partial charge is 0.177 e. The molecule has 0 N–H and O–H groups in total. The molecular weight excluding hydrogens is 238 g/mol. The first-order valence-electron chi connectivity index (χ1n) is 4.16. The first kappa shape index (κ1) is 11.9. The number of allylic oxidation sites excluding steroid dienone is 1. The summed E-state index contributed by atoms with van der Waals surface area (Å²) in [6, 6.07) is 5.74. The fraction of sp³-hybridized carbons (Fsp3) is 0.273. The van der Waals surface area contributed by atoms with Gasteiger partial charge in [-0.15, -0.1) is 0 Å². The molecule has 0 aliphatic heterocycles. The van der Waals surface area contributed by atoms with E-state index >= 15 is 0 Å². The molecule has 0 aromatic heterocycles. The highest BCUT2D eigenvalue weighted by Crippen LogP contribution is 2.42. The van der Waals surface area contributed by atoms with E-state index in [-0.39, 0.29) is 5.03 Å². The van der Waals surface area contributed by atoms with Crippen LogP contribution in [-0.4, -0.2) is 0 Å². The van der Waals surface area contributed by atoms with Gasteiger partial charge in [-0.2, -0.15) is 0 Å². The lowest BCUT2D eigenvalue weighted by atomic mass is 10.0. The lowest BCUT2D eigenvalue weighted by molar-refractivity contribution is 1.07. The third kappa shape index (κ3) is 2.25. The van der Waals surface area contributed by atoms with Gasteiger partial charge in [0.25, 0.3) is 0 Å². The molecule has 0 heterocycles. The van der Waals surface area contributed by atoms with Gasteiger partial charge in [-0.3, -0.25) is 0 Å². The minimum absolute atomic E-state index is 0.212. The van der Waals surface area contributed by atoms with Crippen LogP contribution in [0.25, 0.3) is 0 Å². The molecule has 76 valence electrons. The Labute approximate surface area is 99.5 Å². The summed E-state index contributed by atoms with van der Waals surface area (Å²) in [4.78, 5) is 0. The van der Waals surface area contributed by atoms with Gasteiger partial charge in [0.05, 0.1) is 5.03 Å². The fourth-order valence-electron chi connectivity index (χ4n) is 1.09. The Morgan fingerprint density at radius 2 is 1.79 bits per heavy atom. The summed E-state index contributed by atoms with van der Waals surface area (Å²) in [5.74, 6) is 0. The van der Waals surface area contributed by atoms with Crippen LogP contribution < -0.4 is 0 Å². The van der Waals surface area contributed by atoms with Crippen molar-refractivity contribution in [3.8, 4) is 0 Å². The lowest BCUT2D eigenvalue weighted by Crippen LogP contribution is -2.10. The second-order valence-electron chi connectivity index (χ2n) is 3.28. The van der Waals surface area contributed by atoms with E-state index in [1.165, 1.54) is 5.56 Å². The van der Waals surface area contributed by atoms with Crippen LogP contribution in [0.4, 0.5) is 0 Å². The summed E-state index contributed by atoms with van der Waals surface area (Å²) in [6.45, 7) is 7.58. The molecule has 0 saturated carbocycles. The maximum Gasteiger partial charge on any atom is 0.177 e. The molecule has 0 unspecified atom stereocenters. The van der Waals surface area contributed by atoms with Gasteiger partial charge in [0.2, 0.25) is 0 Å². The standard InChI is InChI=1S/C11H11Cl3/c1-7-4-5-10(6-8(7)2)11(13,14)9(3)12/h4-6H,3H2,1-2H3. The van der Waals surface area contributed by atoms with Crippen molar-refractivity contribution in [3.63, 3.8) is 0 Å². The van der Waals surface area contributed by atoms with E-state index in [1.54, 1.807) is 0 Å². The maximum absolute atomic E-state index is 6.05. The fourth-order valence-corrected chi connectivity index (χ4v) is 1.44. The van der Waals surface area contributed by atoms with Crippen LogP contribution in [0.3, 0.4) is 0 Å². The highest BCUT2D eigenvalue weighted by molar-refractivity contribution is 6.55. The highest BCUT2D eigenvalue weighted by atomic mass is 35.5. The van der Waals surface area contributed by atoms with Gasteiger partial charge in [-0.1, -0.05) is 59.6 Å². The lowest BCUT2D eigenvalue weighted by Gasteiger charge is -2.19. The summed E-state index contributed by atoms with van der Waals surface area (Å²) < 4.78 is -1.21. The number of halogens is 3. The molecule has 0 saturated heterocycles. The maximum atomic E-state index is 6.05. The monoisotopic (exact) mass is 248 g/mol. The van der Waals surface area contributed by atoms with Crippen molar-refractivity contribution < 1.29 is 0 Å². The minimum atomic E-state index is -1.21. The molecule has 0 spiro atoms. The molecule has 3 heteroatoms. The summed E-state index contributed by atoms with van der Waals surface area (Å²) in [5, 5.41) is 0.212. The van der Waals surface area contributed by atoms with Gasteiger partial charge in [-0.25, -0.2) is 0 Å². The third-order valence-electron chi connectivity index (χ3n) is 2.21. The van der Waals surface area contributed by atoms with E-state index in [2.05, 4.69) is 6.58 Å². The number of alkyl halides is 2. The number of hydrogen-bond donors (Lipinski definition) is 0.